The van der Waals surface area contributed by atoms with Crippen LogP contribution in [-0.4, -0.2) is 55.1 Å². The maximum absolute atomic E-state index is 13.0. The van der Waals surface area contributed by atoms with Gasteiger partial charge in [-0.2, -0.15) is 0 Å². The third-order valence-electron chi connectivity index (χ3n) is 7.30. The van der Waals surface area contributed by atoms with Crippen LogP contribution in [0.3, 0.4) is 0 Å². The Kier molecular flexibility index (Phi) is 7.17. The number of imidazole rings is 1. The van der Waals surface area contributed by atoms with Gasteiger partial charge >= 0.3 is 0 Å². The van der Waals surface area contributed by atoms with Gasteiger partial charge in [0.05, 0.1) is 17.1 Å². The summed E-state index contributed by atoms with van der Waals surface area (Å²) in [5.74, 6) is -1.34. The lowest BCUT2D eigenvalue weighted by atomic mass is 9.92. The molecule has 1 amide bonds. The molecule has 7 heteroatoms. The van der Waals surface area contributed by atoms with Gasteiger partial charge < -0.3 is 15.1 Å². The number of nitrogens with zero attached hydrogens (tertiary/aromatic N) is 3. The standard InChI is InChI=1S/C30H31N3O4/c1-20(21-13-15-23(16-14-21)33-19-31-24-10-5-6-11-26(24)33)18-27(34)28(35)29(36)30(37)32-17-7-12-25(32)22-8-3-2-4-9-22/h2-6,8-11,13-16,19-20,25,28-29,35-36H,7,12,17-18H2,1H3/t20-,25+,28-,29+/m0/s1. The maximum Gasteiger partial charge on any atom is 0.255 e. The molecule has 3 aromatic carbocycles. The van der Waals surface area contributed by atoms with Crippen molar-refractivity contribution in [3.05, 3.63) is 96.3 Å². The molecule has 1 fully saturated rings. The van der Waals surface area contributed by atoms with E-state index in [-0.39, 0.29) is 18.4 Å². The average Bonchev–Trinajstić information content (AvgIpc) is 3.60. The molecule has 0 saturated carbocycles. The van der Waals surface area contributed by atoms with E-state index in [4.69, 9.17) is 0 Å². The number of fused-ring (bicyclic) bond motifs is 1. The van der Waals surface area contributed by atoms with Crippen molar-refractivity contribution in [3.63, 3.8) is 0 Å². The number of Topliss-reactive ketones (excluding diaryl/α,β-unsaturated/α-hetero) is 1. The van der Waals surface area contributed by atoms with Gasteiger partial charge in [0.25, 0.3) is 5.91 Å². The lowest BCUT2D eigenvalue weighted by Crippen LogP contribution is -2.47. The topological polar surface area (TPSA) is 95.7 Å². The minimum Gasteiger partial charge on any atom is -0.382 e. The molecule has 1 aromatic heterocycles. The Morgan fingerprint density at radius 1 is 0.946 bits per heavy atom. The fourth-order valence-corrected chi connectivity index (χ4v) is 5.20. The van der Waals surface area contributed by atoms with Crippen LogP contribution in [0, 0.1) is 0 Å². The molecule has 2 heterocycles. The fourth-order valence-electron chi connectivity index (χ4n) is 5.20. The highest BCUT2D eigenvalue weighted by Crippen LogP contribution is 2.32. The Morgan fingerprint density at radius 2 is 1.65 bits per heavy atom. The number of aliphatic hydroxyl groups excluding tert-OH is 2. The van der Waals surface area contributed by atoms with Crippen molar-refractivity contribution in [1.82, 2.24) is 14.5 Å². The van der Waals surface area contributed by atoms with Gasteiger partial charge in [0.1, 0.15) is 12.4 Å². The van der Waals surface area contributed by atoms with E-state index in [9.17, 15) is 19.8 Å². The van der Waals surface area contributed by atoms with Gasteiger partial charge in [0, 0.05) is 18.7 Å². The number of likely N-dealkylation sites (tertiary alicyclic amines) is 1. The molecule has 0 unspecified atom stereocenters. The van der Waals surface area contributed by atoms with E-state index in [2.05, 4.69) is 4.98 Å². The highest BCUT2D eigenvalue weighted by molar-refractivity contribution is 5.92. The van der Waals surface area contributed by atoms with E-state index >= 15 is 0 Å². The van der Waals surface area contributed by atoms with Crippen molar-refractivity contribution in [2.45, 2.75) is 50.4 Å². The third-order valence-corrected chi connectivity index (χ3v) is 7.30. The third kappa shape index (κ3) is 5.05. The maximum atomic E-state index is 13.0. The Morgan fingerprint density at radius 3 is 2.41 bits per heavy atom. The summed E-state index contributed by atoms with van der Waals surface area (Å²) in [6.07, 6.45) is -0.145. The molecule has 0 radical (unpaired) electrons. The van der Waals surface area contributed by atoms with Crippen molar-refractivity contribution < 1.29 is 19.8 Å². The number of aromatic nitrogens is 2. The molecule has 1 aliphatic rings. The Hall–Kier alpha value is -3.81. The van der Waals surface area contributed by atoms with Crippen molar-refractivity contribution >= 4 is 22.7 Å². The average molecular weight is 498 g/mol. The number of benzene rings is 3. The van der Waals surface area contributed by atoms with Gasteiger partial charge in [-0.25, -0.2) is 4.98 Å². The monoisotopic (exact) mass is 497 g/mol. The Bertz CT molecular complexity index is 1380. The molecule has 7 nitrogen and oxygen atoms in total. The largest absolute Gasteiger partial charge is 0.382 e. The molecule has 0 aliphatic carbocycles. The Labute approximate surface area is 216 Å². The van der Waals surface area contributed by atoms with Crippen LogP contribution in [0.15, 0.2) is 85.2 Å². The first-order valence-corrected chi connectivity index (χ1v) is 12.7. The SMILES string of the molecule is C[C@@H](CC(=O)[C@H](O)[C@@H](O)C(=O)N1CCC[C@@H]1c1ccccc1)c1ccc(-n2cnc3ccccc32)cc1. The lowest BCUT2D eigenvalue weighted by molar-refractivity contribution is -0.153. The van der Waals surface area contributed by atoms with E-state index < -0.39 is 23.9 Å². The van der Waals surface area contributed by atoms with E-state index in [1.54, 1.807) is 11.2 Å². The first-order chi connectivity index (χ1) is 17.9. The predicted molar refractivity (Wildman–Crippen MR) is 141 cm³/mol. The zero-order chi connectivity index (χ0) is 25.9. The van der Waals surface area contributed by atoms with Gasteiger partial charge in [-0.05, 0) is 54.2 Å². The van der Waals surface area contributed by atoms with E-state index in [0.717, 1.165) is 40.7 Å². The highest BCUT2D eigenvalue weighted by atomic mass is 16.3. The summed E-state index contributed by atoms with van der Waals surface area (Å²) < 4.78 is 2.00. The first kappa shape index (κ1) is 24.9. The number of hydrogen-bond acceptors (Lipinski definition) is 5. The minimum atomic E-state index is -1.78. The number of amides is 1. The van der Waals surface area contributed by atoms with Gasteiger partial charge in [-0.1, -0.05) is 61.5 Å². The van der Waals surface area contributed by atoms with Crippen LogP contribution in [0.2, 0.25) is 0 Å². The van der Waals surface area contributed by atoms with Gasteiger partial charge in [0.2, 0.25) is 0 Å². The molecule has 4 aromatic rings. The number of ketones is 1. The van der Waals surface area contributed by atoms with Gasteiger partial charge in [-0.3, -0.25) is 14.2 Å². The summed E-state index contributed by atoms with van der Waals surface area (Å²) in [7, 11) is 0. The summed E-state index contributed by atoms with van der Waals surface area (Å²) >= 11 is 0. The molecule has 0 bridgehead atoms. The molecular weight excluding hydrogens is 466 g/mol. The van der Waals surface area contributed by atoms with Crippen LogP contribution in [0.1, 0.15) is 49.3 Å². The van der Waals surface area contributed by atoms with Crippen LogP contribution in [0.25, 0.3) is 16.7 Å². The molecule has 1 saturated heterocycles. The quantitative estimate of drug-likeness (QED) is 0.381. The second-order valence-electron chi connectivity index (χ2n) is 9.76. The smallest absolute Gasteiger partial charge is 0.255 e. The number of hydrogen-bond donors (Lipinski definition) is 2. The number of aliphatic hydroxyl groups is 2. The lowest BCUT2D eigenvalue weighted by Gasteiger charge is -2.29. The molecule has 190 valence electrons. The number of carbonyl (C=O) groups excluding carboxylic acids is 2. The highest BCUT2D eigenvalue weighted by Gasteiger charge is 2.38. The zero-order valence-electron chi connectivity index (χ0n) is 20.8. The van der Waals surface area contributed by atoms with Gasteiger partial charge in [0.15, 0.2) is 11.9 Å². The molecule has 37 heavy (non-hydrogen) atoms. The first-order valence-electron chi connectivity index (χ1n) is 12.7. The molecule has 4 atom stereocenters. The summed E-state index contributed by atoms with van der Waals surface area (Å²) in [4.78, 5) is 31.9. The van der Waals surface area contributed by atoms with Crippen molar-refractivity contribution in [2.75, 3.05) is 6.54 Å². The van der Waals surface area contributed by atoms with Crippen LogP contribution in [0.5, 0.6) is 0 Å². The van der Waals surface area contributed by atoms with Crippen LogP contribution in [-0.2, 0) is 9.59 Å². The second-order valence-corrected chi connectivity index (χ2v) is 9.76. The molecule has 2 N–H and O–H groups in total. The zero-order valence-corrected chi connectivity index (χ0v) is 20.8. The van der Waals surface area contributed by atoms with Gasteiger partial charge in [-0.15, -0.1) is 0 Å². The van der Waals surface area contributed by atoms with Crippen molar-refractivity contribution in [3.8, 4) is 5.69 Å². The van der Waals surface area contributed by atoms with Crippen molar-refractivity contribution in [1.29, 1.82) is 0 Å². The van der Waals surface area contributed by atoms with E-state index in [1.165, 1.54) is 0 Å². The van der Waals surface area contributed by atoms with Crippen molar-refractivity contribution in [2.24, 2.45) is 0 Å². The fraction of sp³-hybridized carbons (Fsp3) is 0.300. The summed E-state index contributed by atoms with van der Waals surface area (Å²) in [5, 5.41) is 21.2. The second kappa shape index (κ2) is 10.7. The summed E-state index contributed by atoms with van der Waals surface area (Å²) in [6.45, 7) is 2.39. The molecule has 1 aliphatic heterocycles. The van der Waals surface area contributed by atoms with Crippen LogP contribution >= 0.6 is 0 Å². The number of rotatable bonds is 8. The normalized spacial score (nSPS) is 18.0. The summed E-state index contributed by atoms with van der Waals surface area (Å²) in [6, 6.07) is 25.2. The van der Waals surface area contributed by atoms with Crippen LogP contribution < -0.4 is 0 Å². The minimum absolute atomic E-state index is 0.0149. The van der Waals surface area contributed by atoms with Crippen LogP contribution in [0.4, 0.5) is 0 Å². The predicted octanol–water partition coefficient (Wildman–Crippen LogP) is 4.17. The number of carbonyl (C=O) groups is 2. The Balaban J connectivity index is 1.22. The molecule has 5 rings (SSSR count). The van der Waals surface area contributed by atoms with E-state index in [0.29, 0.717) is 6.54 Å². The summed E-state index contributed by atoms with van der Waals surface area (Å²) in [5.41, 5.74) is 4.79. The molecular formula is C30H31N3O4. The molecule has 0 spiro atoms. The number of para-hydroxylation sites is 2. The van der Waals surface area contributed by atoms with E-state index in [1.807, 2.05) is 90.4 Å².